The Bertz CT molecular complexity index is 1750. The molecule has 0 saturated carbocycles. The second-order valence-corrected chi connectivity index (χ2v) is 14.0. The van der Waals surface area contributed by atoms with E-state index >= 15 is 4.39 Å². The van der Waals surface area contributed by atoms with Gasteiger partial charge < -0.3 is 25.2 Å². The quantitative estimate of drug-likeness (QED) is 0.150. The smallest absolute Gasteiger partial charge is 0.325 e. The van der Waals surface area contributed by atoms with E-state index in [-0.39, 0.29) is 29.1 Å². The maximum absolute atomic E-state index is 15.5. The number of ether oxygens (including phenoxy) is 2. The second-order valence-electron chi connectivity index (χ2n) is 12.9. The Balaban J connectivity index is 1.52. The summed E-state index contributed by atoms with van der Waals surface area (Å²) in [6.07, 6.45) is 3.17. The Morgan fingerprint density at radius 1 is 0.938 bits per heavy atom. The first-order chi connectivity index (χ1) is 22.7. The largest absolute Gasteiger partial charge is 0.493 e. The molecule has 0 bridgehead atoms. The SMILES string of the molecule is COc1ccc(-c2cnc(-c3ccc(CC(NC(=O)c4ccc(C(C)(C)C)s4)C(=O)NC(C)C(=O)O)cc3)nc2)c(F)c1OCC(C)C. The number of halogens is 1. The highest BCUT2D eigenvalue weighted by Gasteiger charge is 2.27. The zero-order valence-corrected chi connectivity index (χ0v) is 28.9. The van der Waals surface area contributed by atoms with Crippen molar-refractivity contribution in [2.75, 3.05) is 13.7 Å². The lowest BCUT2D eigenvalue weighted by atomic mass is 9.95. The number of amides is 2. The molecule has 2 unspecified atom stereocenters. The van der Waals surface area contributed by atoms with E-state index in [1.807, 2.05) is 40.7 Å². The van der Waals surface area contributed by atoms with Gasteiger partial charge in [-0.1, -0.05) is 58.9 Å². The molecule has 4 rings (SSSR count). The van der Waals surface area contributed by atoms with Gasteiger partial charge in [0.15, 0.2) is 23.1 Å². The van der Waals surface area contributed by atoms with Crippen LogP contribution >= 0.6 is 11.3 Å². The molecule has 12 heteroatoms. The predicted molar refractivity (Wildman–Crippen MR) is 183 cm³/mol. The Kier molecular flexibility index (Phi) is 11.5. The summed E-state index contributed by atoms with van der Waals surface area (Å²) in [5, 5.41) is 14.5. The van der Waals surface area contributed by atoms with Crippen LogP contribution in [0.15, 0.2) is 60.9 Å². The number of thiophene rings is 1. The van der Waals surface area contributed by atoms with Gasteiger partial charge in [0.25, 0.3) is 5.91 Å². The Morgan fingerprint density at radius 2 is 1.60 bits per heavy atom. The molecule has 2 heterocycles. The lowest BCUT2D eigenvalue weighted by molar-refractivity contribution is -0.141. The van der Waals surface area contributed by atoms with Crippen LogP contribution in [-0.4, -0.2) is 58.7 Å². The zero-order valence-electron chi connectivity index (χ0n) is 28.1. The number of aliphatic carboxylic acids is 1. The molecule has 48 heavy (non-hydrogen) atoms. The van der Waals surface area contributed by atoms with Gasteiger partial charge >= 0.3 is 5.97 Å². The molecule has 0 aliphatic carbocycles. The number of benzene rings is 2. The van der Waals surface area contributed by atoms with E-state index in [4.69, 9.17) is 9.47 Å². The monoisotopic (exact) mass is 676 g/mol. The van der Waals surface area contributed by atoms with Crippen molar-refractivity contribution >= 4 is 29.1 Å². The molecule has 2 amide bonds. The average Bonchev–Trinajstić information content (AvgIpc) is 3.56. The third kappa shape index (κ3) is 8.94. The van der Waals surface area contributed by atoms with Crippen molar-refractivity contribution in [3.05, 3.63) is 82.1 Å². The lowest BCUT2D eigenvalue weighted by Gasteiger charge is -2.20. The summed E-state index contributed by atoms with van der Waals surface area (Å²) >= 11 is 1.35. The number of aromatic nitrogens is 2. The summed E-state index contributed by atoms with van der Waals surface area (Å²) < 4.78 is 26.5. The van der Waals surface area contributed by atoms with Gasteiger partial charge in [-0.15, -0.1) is 11.3 Å². The normalized spacial score (nSPS) is 12.7. The molecule has 0 fully saturated rings. The Labute approximate surface area is 283 Å². The van der Waals surface area contributed by atoms with Crippen LogP contribution in [0.25, 0.3) is 22.5 Å². The van der Waals surface area contributed by atoms with Crippen molar-refractivity contribution < 1.29 is 33.4 Å². The van der Waals surface area contributed by atoms with E-state index in [1.165, 1.54) is 37.8 Å². The summed E-state index contributed by atoms with van der Waals surface area (Å²) in [6.45, 7) is 11.8. The third-order valence-electron chi connectivity index (χ3n) is 7.38. The third-order valence-corrected chi connectivity index (χ3v) is 8.89. The number of carbonyl (C=O) groups excluding carboxylic acids is 2. The number of hydrogen-bond acceptors (Lipinski definition) is 8. The van der Waals surface area contributed by atoms with Gasteiger partial charge in [-0.3, -0.25) is 14.4 Å². The number of nitrogens with one attached hydrogen (secondary N) is 2. The highest BCUT2D eigenvalue weighted by atomic mass is 32.1. The van der Waals surface area contributed by atoms with E-state index in [1.54, 1.807) is 42.5 Å². The van der Waals surface area contributed by atoms with Crippen LogP contribution < -0.4 is 20.1 Å². The Morgan fingerprint density at radius 3 is 2.17 bits per heavy atom. The molecule has 2 aromatic carbocycles. The standard InChI is InChI=1S/C36H41FN4O6S/c1-20(2)19-47-31-27(46-7)13-12-25(30(31)37)24-17-38-32(39-18-24)23-10-8-22(9-11-23)16-26(33(42)40-21(3)35(44)45)41-34(43)28-14-15-29(48-28)36(4,5)6/h8-15,17-18,20-21,26H,16,19H2,1-7H3,(H,40,42)(H,41,43)(H,44,45). The van der Waals surface area contributed by atoms with Crippen LogP contribution in [0.2, 0.25) is 0 Å². The van der Waals surface area contributed by atoms with Crippen LogP contribution in [0.5, 0.6) is 11.5 Å². The molecule has 3 N–H and O–H groups in total. The van der Waals surface area contributed by atoms with Crippen molar-refractivity contribution in [3.8, 4) is 34.0 Å². The second kappa shape index (κ2) is 15.4. The number of nitrogens with zero attached hydrogens (tertiary/aromatic N) is 2. The van der Waals surface area contributed by atoms with Crippen molar-refractivity contribution in [1.82, 2.24) is 20.6 Å². The first-order valence-corrected chi connectivity index (χ1v) is 16.3. The molecule has 0 spiro atoms. The molecular formula is C36H41FN4O6S. The van der Waals surface area contributed by atoms with Gasteiger partial charge in [-0.25, -0.2) is 14.4 Å². The van der Waals surface area contributed by atoms with Crippen LogP contribution in [0, 0.1) is 11.7 Å². The number of hydrogen-bond donors (Lipinski definition) is 3. The number of methoxy groups -OCH3 is 1. The molecule has 0 aliphatic rings. The Hall–Kier alpha value is -4.84. The molecule has 10 nitrogen and oxygen atoms in total. The van der Waals surface area contributed by atoms with E-state index < -0.39 is 35.7 Å². The minimum absolute atomic E-state index is 0.0361. The minimum Gasteiger partial charge on any atom is -0.493 e. The summed E-state index contributed by atoms with van der Waals surface area (Å²) in [5.74, 6) is -1.85. The molecule has 4 aromatic rings. The number of rotatable bonds is 13. The molecule has 0 aliphatic heterocycles. The minimum atomic E-state index is -1.19. The molecule has 2 aromatic heterocycles. The molecule has 2 atom stereocenters. The molecule has 0 radical (unpaired) electrons. The predicted octanol–water partition coefficient (Wildman–Crippen LogP) is 6.28. The number of carbonyl (C=O) groups is 3. The fourth-order valence-electron chi connectivity index (χ4n) is 4.63. The summed E-state index contributed by atoms with van der Waals surface area (Å²) in [4.78, 5) is 48.1. The molecular weight excluding hydrogens is 635 g/mol. The zero-order chi connectivity index (χ0) is 35.2. The highest BCUT2D eigenvalue weighted by molar-refractivity contribution is 7.14. The number of carboxylic acids is 1. The van der Waals surface area contributed by atoms with Gasteiger partial charge in [0.1, 0.15) is 12.1 Å². The maximum atomic E-state index is 15.5. The van der Waals surface area contributed by atoms with Gasteiger partial charge in [0, 0.05) is 40.4 Å². The molecule has 0 saturated heterocycles. The van der Waals surface area contributed by atoms with Crippen LogP contribution in [0.3, 0.4) is 0 Å². The van der Waals surface area contributed by atoms with E-state index in [0.717, 1.165) is 10.4 Å². The average molecular weight is 677 g/mol. The van der Waals surface area contributed by atoms with E-state index in [0.29, 0.717) is 34.2 Å². The first-order valence-electron chi connectivity index (χ1n) is 15.5. The van der Waals surface area contributed by atoms with Gasteiger partial charge in [0.2, 0.25) is 5.91 Å². The van der Waals surface area contributed by atoms with Gasteiger partial charge in [-0.2, -0.15) is 0 Å². The summed E-state index contributed by atoms with van der Waals surface area (Å²) in [6, 6.07) is 11.8. The van der Waals surface area contributed by atoms with Crippen molar-refractivity contribution in [2.45, 2.75) is 65.5 Å². The summed E-state index contributed by atoms with van der Waals surface area (Å²) in [7, 11) is 1.46. The van der Waals surface area contributed by atoms with Gasteiger partial charge in [0.05, 0.1) is 18.6 Å². The van der Waals surface area contributed by atoms with Crippen LogP contribution in [-0.2, 0) is 21.4 Å². The maximum Gasteiger partial charge on any atom is 0.325 e. The van der Waals surface area contributed by atoms with Crippen molar-refractivity contribution in [2.24, 2.45) is 5.92 Å². The van der Waals surface area contributed by atoms with E-state index in [2.05, 4.69) is 20.6 Å². The summed E-state index contributed by atoms with van der Waals surface area (Å²) in [5.41, 5.74) is 2.00. The highest BCUT2D eigenvalue weighted by Crippen LogP contribution is 2.37. The number of carboxylic acid groups (broad SMARTS) is 1. The lowest BCUT2D eigenvalue weighted by Crippen LogP contribution is -2.51. The molecule has 254 valence electrons. The van der Waals surface area contributed by atoms with Crippen LogP contribution in [0.1, 0.15) is 61.7 Å². The van der Waals surface area contributed by atoms with Gasteiger partial charge in [-0.05, 0) is 48.1 Å². The van der Waals surface area contributed by atoms with E-state index in [9.17, 15) is 19.5 Å². The van der Waals surface area contributed by atoms with Crippen molar-refractivity contribution in [3.63, 3.8) is 0 Å². The topological polar surface area (TPSA) is 140 Å². The fraction of sp³-hybridized carbons (Fsp3) is 0.361. The fourth-order valence-corrected chi connectivity index (χ4v) is 5.59. The first kappa shape index (κ1) is 36.0. The van der Waals surface area contributed by atoms with Crippen molar-refractivity contribution in [1.29, 1.82) is 0 Å². The van der Waals surface area contributed by atoms with Crippen LogP contribution in [0.4, 0.5) is 4.39 Å².